The molecule has 0 aromatic rings. The van der Waals surface area contributed by atoms with Crippen LogP contribution in [0.15, 0.2) is 12.2 Å². The fourth-order valence-corrected chi connectivity index (χ4v) is 4.42. The van der Waals surface area contributed by atoms with Gasteiger partial charge in [-0.2, -0.15) is 0 Å². The zero-order valence-electron chi connectivity index (χ0n) is 13.1. The van der Waals surface area contributed by atoms with Gasteiger partial charge in [-0.15, -0.1) is 0 Å². The highest BCUT2D eigenvalue weighted by molar-refractivity contribution is 5.86. The van der Waals surface area contributed by atoms with Crippen LogP contribution >= 0.6 is 0 Å². The van der Waals surface area contributed by atoms with Gasteiger partial charge in [0.1, 0.15) is 0 Å². The van der Waals surface area contributed by atoms with Crippen molar-refractivity contribution in [1.82, 2.24) is 5.32 Å². The van der Waals surface area contributed by atoms with Gasteiger partial charge in [-0.3, -0.25) is 9.59 Å². The molecule has 5 nitrogen and oxygen atoms in total. The van der Waals surface area contributed by atoms with Gasteiger partial charge in [0.05, 0.1) is 11.8 Å². The maximum Gasteiger partial charge on any atom is 0.307 e. The summed E-state index contributed by atoms with van der Waals surface area (Å²) in [6, 6.07) is 0. The average molecular weight is 307 g/mol. The molecule has 0 aliphatic heterocycles. The summed E-state index contributed by atoms with van der Waals surface area (Å²) < 4.78 is 5.17. The van der Waals surface area contributed by atoms with Crippen molar-refractivity contribution in [2.45, 2.75) is 32.1 Å². The number of allylic oxidation sites excluding steroid dienone is 2. The van der Waals surface area contributed by atoms with Crippen molar-refractivity contribution in [3.8, 4) is 0 Å². The molecule has 22 heavy (non-hydrogen) atoms. The third kappa shape index (κ3) is 2.67. The minimum Gasteiger partial charge on any atom is -0.481 e. The van der Waals surface area contributed by atoms with E-state index >= 15 is 0 Å². The van der Waals surface area contributed by atoms with E-state index in [2.05, 4.69) is 5.32 Å². The van der Waals surface area contributed by atoms with Crippen molar-refractivity contribution >= 4 is 11.9 Å². The van der Waals surface area contributed by atoms with Crippen molar-refractivity contribution < 1.29 is 19.4 Å². The summed E-state index contributed by atoms with van der Waals surface area (Å²) in [6.45, 7) is 1.36. The minimum atomic E-state index is -0.838. The molecule has 1 amide bonds. The third-order valence-electron chi connectivity index (χ3n) is 5.94. The number of hydrogen-bond donors (Lipinski definition) is 2. The molecule has 2 fully saturated rings. The zero-order valence-corrected chi connectivity index (χ0v) is 13.1. The molecule has 2 saturated carbocycles. The Balaban J connectivity index is 1.60. The summed E-state index contributed by atoms with van der Waals surface area (Å²) in [5.41, 5.74) is 0.165. The van der Waals surface area contributed by atoms with Crippen molar-refractivity contribution in [2.24, 2.45) is 29.1 Å². The third-order valence-corrected chi connectivity index (χ3v) is 5.94. The van der Waals surface area contributed by atoms with Crippen molar-refractivity contribution in [3.63, 3.8) is 0 Å². The first-order valence-electron chi connectivity index (χ1n) is 8.24. The van der Waals surface area contributed by atoms with Crippen molar-refractivity contribution in [3.05, 3.63) is 12.2 Å². The summed E-state index contributed by atoms with van der Waals surface area (Å²) in [4.78, 5) is 24.1. The number of carboxylic acid groups (broad SMARTS) is 1. The molecule has 5 heteroatoms. The van der Waals surface area contributed by atoms with Gasteiger partial charge in [0, 0.05) is 20.3 Å². The number of methoxy groups -OCH3 is 1. The van der Waals surface area contributed by atoms with E-state index in [1.54, 1.807) is 7.11 Å². The fraction of sp³-hybridized carbons (Fsp3) is 0.765. The Morgan fingerprint density at radius 3 is 2.50 bits per heavy atom. The monoisotopic (exact) mass is 307 g/mol. The van der Waals surface area contributed by atoms with E-state index in [1.807, 2.05) is 12.2 Å². The molecule has 0 saturated heterocycles. The maximum absolute atomic E-state index is 12.6. The van der Waals surface area contributed by atoms with Gasteiger partial charge < -0.3 is 15.2 Å². The van der Waals surface area contributed by atoms with Crippen LogP contribution in [-0.2, 0) is 14.3 Å². The number of ether oxygens (including phenoxy) is 1. The van der Waals surface area contributed by atoms with E-state index in [0.29, 0.717) is 13.2 Å². The van der Waals surface area contributed by atoms with Gasteiger partial charge in [-0.1, -0.05) is 18.6 Å². The highest BCUT2D eigenvalue weighted by atomic mass is 16.5. The molecule has 0 aromatic carbocycles. The van der Waals surface area contributed by atoms with Gasteiger partial charge >= 0.3 is 5.97 Å². The van der Waals surface area contributed by atoms with Gasteiger partial charge in [0.25, 0.3) is 0 Å². The van der Waals surface area contributed by atoms with Crippen LogP contribution in [0, 0.1) is 29.1 Å². The Labute approximate surface area is 131 Å². The highest BCUT2D eigenvalue weighted by Gasteiger charge is 2.52. The van der Waals surface area contributed by atoms with Gasteiger partial charge in [0.15, 0.2) is 0 Å². The standard InChI is InChI=1S/C17H25NO4/c1-22-8-7-17(5-2-6-17)10-18-15(19)13-11-3-4-12(9-11)14(13)16(20)21/h3-4,11-14H,2,5-10H2,1H3,(H,18,19)(H,20,21). The molecule has 3 rings (SSSR count). The predicted octanol–water partition coefficient (Wildman–Crippen LogP) is 1.83. The number of amides is 1. The van der Waals surface area contributed by atoms with Crippen LogP contribution in [0.25, 0.3) is 0 Å². The van der Waals surface area contributed by atoms with E-state index in [4.69, 9.17) is 4.74 Å². The number of fused-ring (bicyclic) bond motifs is 2. The number of carbonyl (C=O) groups is 2. The first-order valence-corrected chi connectivity index (χ1v) is 8.24. The number of rotatable bonds is 7. The average Bonchev–Trinajstić information content (AvgIpc) is 3.06. The normalized spacial score (nSPS) is 34.4. The molecule has 2 bridgehead atoms. The first kappa shape index (κ1) is 15.5. The zero-order chi connectivity index (χ0) is 15.7. The second-order valence-electron chi connectivity index (χ2n) is 7.15. The van der Waals surface area contributed by atoms with Crippen LogP contribution in [0.2, 0.25) is 0 Å². The molecule has 4 atom stereocenters. The Hall–Kier alpha value is -1.36. The van der Waals surface area contributed by atoms with Gasteiger partial charge in [0.2, 0.25) is 5.91 Å². The highest BCUT2D eigenvalue weighted by Crippen LogP contribution is 2.48. The number of carboxylic acids is 1. The van der Waals surface area contributed by atoms with E-state index in [1.165, 1.54) is 6.42 Å². The topological polar surface area (TPSA) is 75.6 Å². The summed E-state index contributed by atoms with van der Waals surface area (Å²) in [6.07, 6.45) is 9.21. The van der Waals surface area contributed by atoms with Crippen LogP contribution in [0.1, 0.15) is 32.1 Å². The van der Waals surface area contributed by atoms with E-state index < -0.39 is 17.8 Å². The number of nitrogens with one attached hydrogen (secondary N) is 1. The van der Waals surface area contributed by atoms with Crippen LogP contribution in [0.4, 0.5) is 0 Å². The molecule has 3 aliphatic rings. The Kier molecular flexibility index (Phi) is 4.26. The quantitative estimate of drug-likeness (QED) is 0.704. The van der Waals surface area contributed by atoms with Crippen LogP contribution in [0.5, 0.6) is 0 Å². The smallest absolute Gasteiger partial charge is 0.307 e. The number of carbonyl (C=O) groups excluding carboxylic acids is 1. The molecule has 122 valence electrons. The summed E-state index contributed by atoms with van der Waals surface area (Å²) in [5, 5.41) is 12.5. The number of hydrogen-bond acceptors (Lipinski definition) is 3. The molecule has 0 heterocycles. The van der Waals surface area contributed by atoms with Crippen LogP contribution in [-0.4, -0.2) is 37.2 Å². The van der Waals surface area contributed by atoms with Crippen LogP contribution in [0.3, 0.4) is 0 Å². The molecule has 4 unspecified atom stereocenters. The van der Waals surface area contributed by atoms with E-state index in [0.717, 1.165) is 25.7 Å². The lowest BCUT2D eigenvalue weighted by atomic mass is 9.66. The molecule has 0 aromatic heterocycles. The Bertz CT molecular complexity index is 483. The molecule has 3 aliphatic carbocycles. The lowest BCUT2D eigenvalue weighted by Crippen LogP contribution is -2.47. The molecule has 0 radical (unpaired) electrons. The molecule has 2 N–H and O–H groups in total. The molecular weight excluding hydrogens is 282 g/mol. The lowest BCUT2D eigenvalue weighted by Gasteiger charge is -2.42. The van der Waals surface area contributed by atoms with E-state index in [9.17, 15) is 14.7 Å². The van der Waals surface area contributed by atoms with Crippen LogP contribution < -0.4 is 5.32 Å². The number of aliphatic carboxylic acids is 1. The van der Waals surface area contributed by atoms with Gasteiger partial charge in [-0.05, 0) is 42.9 Å². The summed E-state index contributed by atoms with van der Waals surface area (Å²) in [5.74, 6) is -1.73. The second kappa shape index (κ2) is 6.03. The predicted molar refractivity (Wildman–Crippen MR) is 81.1 cm³/mol. The maximum atomic E-state index is 12.6. The van der Waals surface area contributed by atoms with E-state index in [-0.39, 0.29) is 23.2 Å². The largest absolute Gasteiger partial charge is 0.481 e. The van der Waals surface area contributed by atoms with Crippen molar-refractivity contribution in [2.75, 3.05) is 20.3 Å². The fourth-order valence-electron chi connectivity index (χ4n) is 4.42. The van der Waals surface area contributed by atoms with Crippen molar-refractivity contribution in [1.29, 1.82) is 0 Å². The molecular formula is C17H25NO4. The Morgan fingerprint density at radius 2 is 1.95 bits per heavy atom. The first-order chi connectivity index (χ1) is 10.6. The molecule has 0 spiro atoms. The summed E-state index contributed by atoms with van der Waals surface area (Å²) in [7, 11) is 1.70. The Morgan fingerprint density at radius 1 is 1.27 bits per heavy atom. The van der Waals surface area contributed by atoms with Gasteiger partial charge in [-0.25, -0.2) is 0 Å². The minimum absolute atomic E-state index is 0.0319. The summed E-state index contributed by atoms with van der Waals surface area (Å²) >= 11 is 0. The lowest BCUT2D eigenvalue weighted by molar-refractivity contribution is -0.148. The SMILES string of the molecule is COCCC1(CNC(=O)C2C3C=CC(C3)C2C(=O)O)CCC1. The second-order valence-corrected chi connectivity index (χ2v) is 7.15.